The molecule has 1 aliphatic rings. The summed E-state index contributed by atoms with van der Waals surface area (Å²) in [6.07, 6.45) is 1.31. The van der Waals surface area contributed by atoms with Gasteiger partial charge >= 0.3 is 5.97 Å². The van der Waals surface area contributed by atoms with Gasteiger partial charge in [0.25, 0.3) is 5.91 Å². The second-order valence-corrected chi connectivity index (χ2v) is 4.59. The van der Waals surface area contributed by atoms with Crippen LogP contribution in [0.4, 0.5) is 5.69 Å². The lowest BCUT2D eigenvalue weighted by Crippen LogP contribution is -2.44. The molecule has 0 saturated heterocycles. The number of hydrogen-bond acceptors (Lipinski definition) is 3. The highest BCUT2D eigenvalue weighted by molar-refractivity contribution is 6.00. The summed E-state index contributed by atoms with van der Waals surface area (Å²) in [5.41, 5.74) is 0.817. The molecule has 1 amide bonds. The van der Waals surface area contributed by atoms with Crippen LogP contribution in [0.5, 0.6) is 5.75 Å². The normalized spacial score (nSPS) is 17.9. The molecule has 5 nitrogen and oxygen atoms in total. The van der Waals surface area contributed by atoms with Crippen LogP contribution >= 0.6 is 0 Å². The molecule has 1 aromatic rings. The average Bonchev–Trinajstić information content (AvgIpc) is 2.38. The van der Waals surface area contributed by atoms with Gasteiger partial charge in [0.15, 0.2) is 6.10 Å². The van der Waals surface area contributed by atoms with Crippen molar-refractivity contribution in [3.05, 3.63) is 23.8 Å². The highest BCUT2D eigenvalue weighted by Crippen LogP contribution is 2.35. The second kappa shape index (κ2) is 5.30. The van der Waals surface area contributed by atoms with E-state index in [4.69, 9.17) is 9.84 Å². The summed E-state index contributed by atoms with van der Waals surface area (Å²) < 4.78 is 5.49. The molecule has 1 aromatic carbocycles. The monoisotopic (exact) mass is 263 g/mol. The summed E-state index contributed by atoms with van der Waals surface area (Å²) in [5, 5.41) is 8.98. The highest BCUT2D eigenvalue weighted by Gasteiger charge is 2.31. The summed E-state index contributed by atoms with van der Waals surface area (Å²) in [7, 11) is 0. The van der Waals surface area contributed by atoms with E-state index in [0.29, 0.717) is 18.0 Å². The van der Waals surface area contributed by atoms with E-state index >= 15 is 0 Å². The maximum atomic E-state index is 12.1. The number of anilines is 1. The van der Waals surface area contributed by atoms with E-state index < -0.39 is 12.1 Å². The number of carbonyl (C=O) groups excluding carboxylic acids is 1. The van der Waals surface area contributed by atoms with E-state index in [1.54, 1.807) is 17.9 Å². The third-order valence-electron chi connectivity index (χ3n) is 3.15. The van der Waals surface area contributed by atoms with E-state index in [1.165, 1.54) is 12.1 Å². The van der Waals surface area contributed by atoms with Crippen molar-refractivity contribution in [1.29, 1.82) is 0 Å². The van der Waals surface area contributed by atoms with E-state index in [0.717, 1.165) is 12.8 Å². The Morgan fingerprint density at radius 1 is 1.47 bits per heavy atom. The minimum absolute atomic E-state index is 0.0796. The number of unbranched alkanes of at least 4 members (excludes halogenated alkanes) is 1. The van der Waals surface area contributed by atoms with Gasteiger partial charge in [-0.25, -0.2) is 4.79 Å². The minimum Gasteiger partial charge on any atom is -0.479 e. The number of aromatic carboxylic acids is 1. The summed E-state index contributed by atoms with van der Waals surface area (Å²) >= 11 is 0. The van der Waals surface area contributed by atoms with Crippen LogP contribution < -0.4 is 9.64 Å². The first kappa shape index (κ1) is 13.4. The zero-order valence-corrected chi connectivity index (χ0v) is 11.0. The molecule has 5 heteroatoms. The van der Waals surface area contributed by atoms with Gasteiger partial charge in [-0.05, 0) is 31.5 Å². The van der Waals surface area contributed by atoms with Gasteiger partial charge in [-0.3, -0.25) is 4.79 Å². The molecule has 0 bridgehead atoms. The molecule has 0 aliphatic carbocycles. The van der Waals surface area contributed by atoms with Crippen molar-refractivity contribution in [1.82, 2.24) is 0 Å². The van der Waals surface area contributed by atoms with E-state index in [9.17, 15) is 9.59 Å². The van der Waals surface area contributed by atoms with Crippen LogP contribution in [0, 0.1) is 0 Å². The Kier molecular flexibility index (Phi) is 3.74. The predicted molar refractivity (Wildman–Crippen MR) is 70.8 cm³/mol. The number of carboxylic acids is 1. The third-order valence-corrected chi connectivity index (χ3v) is 3.15. The van der Waals surface area contributed by atoms with Crippen LogP contribution in [0.1, 0.15) is 37.0 Å². The molecule has 1 aliphatic heterocycles. The number of carbonyl (C=O) groups is 2. The lowest BCUT2D eigenvalue weighted by molar-refractivity contribution is -0.125. The van der Waals surface area contributed by atoms with Gasteiger partial charge in [0, 0.05) is 6.54 Å². The number of benzene rings is 1. The van der Waals surface area contributed by atoms with E-state index in [2.05, 4.69) is 6.92 Å². The molecule has 2 rings (SSSR count). The molecule has 102 valence electrons. The molecule has 19 heavy (non-hydrogen) atoms. The van der Waals surface area contributed by atoms with Crippen LogP contribution in [-0.4, -0.2) is 29.6 Å². The summed E-state index contributed by atoms with van der Waals surface area (Å²) in [6, 6.07) is 4.60. The van der Waals surface area contributed by atoms with Gasteiger partial charge in [-0.1, -0.05) is 13.3 Å². The summed E-state index contributed by atoms with van der Waals surface area (Å²) in [6.45, 7) is 4.36. The lowest BCUT2D eigenvalue weighted by Gasteiger charge is -2.33. The lowest BCUT2D eigenvalue weighted by atomic mass is 10.1. The van der Waals surface area contributed by atoms with Crippen molar-refractivity contribution in [2.45, 2.75) is 32.8 Å². The maximum Gasteiger partial charge on any atom is 0.335 e. The highest BCUT2D eigenvalue weighted by atomic mass is 16.5. The summed E-state index contributed by atoms with van der Waals surface area (Å²) in [4.78, 5) is 24.7. The van der Waals surface area contributed by atoms with E-state index in [1.807, 2.05) is 0 Å². The second-order valence-electron chi connectivity index (χ2n) is 4.59. The predicted octanol–water partition coefficient (Wildman–Crippen LogP) is 2.30. The quantitative estimate of drug-likeness (QED) is 0.905. The molecular weight excluding hydrogens is 246 g/mol. The zero-order chi connectivity index (χ0) is 14.0. The van der Waals surface area contributed by atoms with Crippen molar-refractivity contribution in [3.63, 3.8) is 0 Å². The van der Waals surface area contributed by atoms with Crippen LogP contribution in [0.25, 0.3) is 0 Å². The molecule has 0 fully saturated rings. The molecule has 0 saturated carbocycles. The Labute approximate surface area is 111 Å². The number of rotatable bonds is 4. The topological polar surface area (TPSA) is 66.8 Å². The molecule has 1 N–H and O–H groups in total. The van der Waals surface area contributed by atoms with Gasteiger partial charge in [-0.15, -0.1) is 0 Å². The first-order chi connectivity index (χ1) is 9.04. The molecule has 0 aromatic heterocycles. The largest absolute Gasteiger partial charge is 0.479 e. The van der Waals surface area contributed by atoms with Crippen LogP contribution in [-0.2, 0) is 4.79 Å². The van der Waals surface area contributed by atoms with Gasteiger partial charge in [0.1, 0.15) is 5.75 Å². The zero-order valence-electron chi connectivity index (χ0n) is 11.0. The number of carboxylic acid groups (broad SMARTS) is 1. The Bertz CT molecular complexity index is 512. The van der Waals surface area contributed by atoms with E-state index in [-0.39, 0.29) is 11.5 Å². The summed E-state index contributed by atoms with van der Waals surface area (Å²) in [5.74, 6) is -0.622. The molecular formula is C14H17NO4. The standard InChI is InChI=1S/C14H17NO4/c1-3-4-7-15-11-6-5-10(14(17)18)8-12(11)19-9(2)13(15)16/h5-6,8-9H,3-4,7H2,1-2H3,(H,17,18). The van der Waals surface area contributed by atoms with Crippen LogP contribution in [0.2, 0.25) is 0 Å². The smallest absolute Gasteiger partial charge is 0.335 e. The first-order valence-corrected chi connectivity index (χ1v) is 6.40. The van der Waals surface area contributed by atoms with Crippen LogP contribution in [0.3, 0.4) is 0 Å². The number of fused-ring (bicyclic) bond motifs is 1. The Balaban J connectivity index is 2.38. The fraction of sp³-hybridized carbons (Fsp3) is 0.429. The van der Waals surface area contributed by atoms with Crippen molar-refractivity contribution in [2.24, 2.45) is 0 Å². The average molecular weight is 263 g/mol. The molecule has 0 spiro atoms. The Hall–Kier alpha value is -2.04. The third kappa shape index (κ3) is 2.54. The fourth-order valence-corrected chi connectivity index (χ4v) is 2.09. The van der Waals surface area contributed by atoms with Gasteiger partial charge in [0.2, 0.25) is 0 Å². The van der Waals surface area contributed by atoms with Gasteiger partial charge < -0.3 is 14.7 Å². The van der Waals surface area contributed by atoms with Crippen molar-refractivity contribution in [2.75, 3.05) is 11.4 Å². The maximum absolute atomic E-state index is 12.1. The first-order valence-electron chi connectivity index (χ1n) is 6.40. The van der Waals surface area contributed by atoms with Gasteiger partial charge in [-0.2, -0.15) is 0 Å². The molecule has 0 radical (unpaired) electrons. The van der Waals surface area contributed by atoms with Crippen molar-refractivity contribution in [3.8, 4) is 5.75 Å². The minimum atomic E-state index is -1.00. The molecule has 1 unspecified atom stereocenters. The SMILES string of the molecule is CCCCN1C(=O)C(C)Oc2cc(C(=O)O)ccc21. The van der Waals surface area contributed by atoms with Gasteiger partial charge in [0.05, 0.1) is 11.3 Å². The Morgan fingerprint density at radius 3 is 2.84 bits per heavy atom. The number of nitrogens with zero attached hydrogens (tertiary/aromatic N) is 1. The van der Waals surface area contributed by atoms with Crippen LogP contribution in [0.15, 0.2) is 18.2 Å². The fourth-order valence-electron chi connectivity index (χ4n) is 2.09. The number of hydrogen-bond donors (Lipinski definition) is 1. The number of ether oxygens (including phenoxy) is 1. The number of amides is 1. The Morgan fingerprint density at radius 2 is 2.21 bits per heavy atom. The van der Waals surface area contributed by atoms with Crippen molar-refractivity contribution < 1.29 is 19.4 Å². The molecule has 1 atom stereocenters. The van der Waals surface area contributed by atoms with Crippen molar-refractivity contribution >= 4 is 17.6 Å². The molecule has 1 heterocycles.